The van der Waals surface area contributed by atoms with Crippen LogP contribution in [0.15, 0.2) is 58.7 Å². The molecular formula is C23H28N6O2S. The van der Waals surface area contributed by atoms with E-state index in [9.17, 15) is 8.42 Å². The summed E-state index contributed by atoms with van der Waals surface area (Å²) in [6, 6.07) is 11.0. The molecule has 2 heterocycles. The van der Waals surface area contributed by atoms with Crippen molar-refractivity contribution in [2.24, 2.45) is 10.9 Å². The first-order chi connectivity index (χ1) is 15.6. The van der Waals surface area contributed by atoms with E-state index >= 15 is 0 Å². The maximum Gasteiger partial charge on any atom is 0.209 e. The van der Waals surface area contributed by atoms with E-state index in [1.165, 1.54) is 0 Å². The Morgan fingerprint density at radius 3 is 2.69 bits per heavy atom. The van der Waals surface area contributed by atoms with Gasteiger partial charge in [0.05, 0.1) is 16.7 Å². The summed E-state index contributed by atoms with van der Waals surface area (Å²) < 4.78 is 26.4. The van der Waals surface area contributed by atoms with Gasteiger partial charge in [-0.2, -0.15) is 5.26 Å². The molecule has 2 fully saturated rings. The van der Waals surface area contributed by atoms with Crippen LogP contribution in [-0.4, -0.2) is 37.2 Å². The standard InChI is InChI=1S/C23H28N6O2S/c24-16-28-23(29-19-9-12-25-13-10-19)27-15-17-3-5-20(6-4-17)32(30,31)21-7-8-22-18(14-21)2-1-11-26-22/h3-6,9-10,12-13,18,21-22,26H,1-2,7-8,11,14-15H2,(H2,25,27,28,29). The van der Waals surface area contributed by atoms with Gasteiger partial charge in [0.2, 0.25) is 5.96 Å². The largest absolute Gasteiger partial charge is 0.325 e. The number of rotatable bonds is 5. The molecule has 168 valence electrons. The Morgan fingerprint density at radius 1 is 1.16 bits per heavy atom. The SMILES string of the molecule is N#CNC(=NCc1ccc(S(=O)(=O)C2CCC3NCCCC3C2)cc1)Nc1ccncc1. The lowest BCUT2D eigenvalue weighted by Crippen LogP contribution is -2.47. The number of piperidine rings is 1. The Hall–Kier alpha value is -2.96. The molecule has 0 amide bonds. The van der Waals surface area contributed by atoms with Crippen LogP contribution in [0.1, 0.15) is 37.7 Å². The number of nitrogens with one attached hydrogen (secondary N) is 3. The summed E-state index contributed by atoms with van der Waals surface area (Å²) in [4.78, 5) is 8.73. The maximum atomic E-state index is 13.2. The first-order valence-electron chi connectivity index (χ1n) is 11.0. The fourth-order valence-electron chi connectivity index (χ4n) is 4.62. The smallest absolute Gasteiger partial charge is 0.209 e. The second-order valence-electron chi connectivity index (χ2n) is 8.35. The van der Waals surface area contributed by atoms with Crippen molar-refractivity contribution in [3.05, 3.63) is 54.4 Å². The normalized spacial score (nSPS) is 23.6. The number of guanidine groups is 1. The van der Waals surface area contributed by atoms with Crippen molar-refractivity contribution >= 4 is 21.5 Å². The molecule has 0 spiro atoms. The van der Waals surface area contributed by atoms with Crippen molar-refractivity contribution in [2.75, 3.05) is 11.9 Å². The first-order valence-corrected chi connectivity index (χ1v) is 12.5. The van der Waals surface area contributed by atoms with E-state index in [0.29, 0.717) is 35.8 Å². The van der Waals surface area contributed by atoms with E-state index in [2.05, 4.69) is 25.9 Å². The van der Waals surface area contributed by atoms with Crippen LogP contribution in [0.2, 0.25) is 0 Å². The van der Waals surface area contributed by atoms with Crippen LogP contribution in [0.4, 0.5) is 5.69 Å². The number of hydrogen-bond donors (Lipinski definition) is 3. The number of fused-ring (bicyclic) bond motifs is 1. The highest BCUT2D eigenvalue weighted by atomic mass is 32.2. The number of sulfone groups is 1. The van der Waals surface area contributed by atoms with Crippen molar-refractivity contribution in [3.63, 3.8) is 0 Å². The summed E-state index contributed by atoms with van der Waals surface area (Å²) in [6.45, 7) is 1.35. The summed E-state index contributed by atoms with van der Waals surface area (Å²) in [6.07, 6.45) is 9.79. The highest BCUT2D eigenvalue weighted by Crippen LogP contribution is 2.36. The summed E-state index contributed by atoms with van der Waals surface area (Å²) in [5, 5.41) is 17.8. The molecule has 2 aliphatic rings. The highest BCUT2D eigenvalue weighted by Gasteiger charge is 2.38. The first kappa shape index (κ1) is 22.2. The van der Waals surface area contributed by atoms with Gasteiger partial charge in [0.25, 0.3) is 0 Å². The Kier molecular flexibility index (Phi) is 7.02. The van der Waals surface area contributed by atoms with Gasteiger partial charge in [0.1, 0.15) is 0 Å². The number of nitrogens with zero attached hydrogens (tertiary/aromatic N) is 3. The Labute approximate surface area is 189 Å². The van der Waals surface area contributed by atoms with Crippen molar-refractivity contribution < 1.29 is 8.42 Å². The van der Waals surface area contributed by atoms with Crippen molar-refractivity contribution in [3.8, 4) is 6.19 Å². The highest BCUT2D eigenvalue weighted by molar-refractivity contribution is 7.92. The molecule has 1 aromatic carbocycles. The van der Waals surface area contributed by atoms with Crippen molar-refractivity contribution in [1.29, 1.82) is 5.26 Å². The van der Waals surface area contributed by atoms with Crippen LogP contribution < -0.4 is 16.0 Å². The quantitative estimate of drug-likeness (QED) is 0.276. The van der Waals surface area contributed by atoms with Crippen molar-refractivity contribution in [2.45, 2.75) is 54.8 Å². The number of pyridine rings is 1. The molecule has 0 radical (unpaired) electrons. The Morgan fingerprint density at radius 2 is 1.94 bits per heavy atom. The lowest BCUT2D eigenvalue weighted by atomic mass is 9.79. The van der Waals surface area contributed by atoms with E-state index in [4.69, 9.17) is 5.26 Å². The van der Waals surface area contributed by atoms with Crippen LogP contribution in [-0.2, 0) is 16.4 Å². The predicted molar refractivity (Wildman–Crippen MR) is 124 cm³/mol. The number of anilines is 1. The number of aliphatic imine (C=N–C) groups is 1. The number of hydrogen-bond acceptors (Lipinski definition) is 6. The minimum Gasteiger partial charge on any atom is -0.325 e. The summed E-state index contributed by atoms with van der Waals surface area (Å²) in [5.41, 5.74) is 1.61. The number of nitriles is 1. The van der Waals surface area contributed by atoms with Crippen molar-refractivity contribution in [1.82, 2.24) is 15.6 Å². The van der Waals surface area contributed by atoms with Gasteiger partial charge in [-0.3, -0.25) is 10.3 Å². The molecule has 1 aliphatic heterocycles. The molecular weight excluding hydrogens is 424 g/mol. The molecule has 1 saturated heterocycles. The van der Waals surface area contributed by atoms with E-state index in [0.717, 1.165) is 43.5 Å². The van der Waals surface area contributed by atoms with Gasteiger partial charge in [-0.25, -0.2) is 13.4 Å². The van der Waals surface area contributed by atoms with E-state index < -0.39 is 9.84 Å². The monoisotopic (exact) mass is 452 g/mol. The molecule has 1 aliphatic carbocycles. The third kappa shape index (κ3) is 5.26. The van der Waals surface area contributed by atoms with Crippen LogP contribution in [0.3, 0.4) is 0 Å². The van der Waals surface area contributed by atoms with E-state index in [1.807, 2.05) is 6.19 Å². The van der Waals surface area contributed by atoms with E-state index in [-0.39, 0.29) is 5.25 Å². The minimum absolute atomic E-state index is 0.302. The van der Waals surface area contributed by atoms with Crippen LogP contribution in [0.25, 0.3) is 0 Å². The third-order valence-electron chi connectivity index (χ3n) is 6.32. The predicted octanol–water partition coefficient (Wildman–Crippen LogP) is 2.81. The molecule has 3 N–H and O–H groups in total. The molecule has 1 saturated carbocycles. The van der Waals surface area contributed by atoms with Gasteiger partial charge in [0, 0.05) is 24.1 Å². The second kappa shape index (κ2) is 10.1. The number of benzene rings is 1. The molecule has 3 unspecified atom stereocenters. The third-order valence-corrected chi connectivity index (χ3v) is 8.56. The zero-order valence-corrected chi connectivity index (χ0v) is 18.7. The molecule has 4 rings (SSSR count). The van der Waals surface area contributed by atoms with Gasteiger partial charge in [-0.1, -0.05) is 12.1 Å². The topological polar surface area (TPSA) is 119 Å². The Bertz CT molecular complexity index is 1080. The minimum atomic E-state index is -3.35. The molecule has 2 aromatic rings. The average Bonchev–Trinajstić information content (AvgIpc) is 2.83. The summed E-state index contributed by atoms with van der Waals surface area (Å²) in [5.74, 6) is 0.776. The molecule has 9 heteroatoms. The van der Waals surface area contributed by atoms with E-state index in [1.54, 1.807) is 48.8 Å². The lowest BCUT2D eigenvalue weighted by molar-refractivity contribution is 0.213. The fraction of sp³-hybridized carbons (Fsp3) is 0.435. The van der Waals surface area contributed by atoms with Gasteiger partial charge < -0.3 is 10.6 Å². The van der Waals surface area contributed by atoms with Gasteiger partial charge in [0.15, 0.2) is 16.0 Å². The Balaban J connectivity index is 1.41. The van der Waals surface area contributed by atoms with Gasteiger partial charge in [-0.05, 0) is 74.4 Å². The van der Waals surface area contributed by atoms with Crippen LogP contribution >= 0.6 is 0 Å². The molecule has 0 bridgehead atoms. The molecule has 3 atom stereocenters. The second-order valence-corrected chi connectivity index (χ2v) is 10.6. The molecule has 1 aromatic heterocycles. The lowest BCUT2D eigenvalue weighted by Gasteiger charge is -2.39. The van der Waals surface area contributed by atoms with Gasteiger partial charge >= 0.3 is 0 Å². The van der Waals surface area contributed by atoms with Crippen LogP contribution in [0.5, 0.6) is 0 Å². The van der Waals surface area contributed by atoms with Crippen LogP contribution in [0, 0.1) is 17.4 Å². The zero-order valence-electron chi connectivity index (χ0n) is 17.9. The van der Waals surface area contributed by atoms with Gasteiger partial charge in [-0.15, -0.1) is 0 Å². The summed E-state index contributed by atoms with van der Waals surface area (Å²) in [7, 11) is -3.35. The average molecular weight is 453 g/mol. The molecule has 32 heavy (non-hydrogen) atoms. The fourth-order valence-corrected chi connectivity index (χ4v) is 6.47. The maximum absolute atomic E-state index is 13.2. The zero-order chi connectivity index (χ0) is 22.4. The molecule has 8 nitrogen and oxygen atoms in total. The number of aromatic nitrogens is 1. The summed E-state index contributed by atoms with van der Waals surface area (Å²) >= 11 is 0.